The zero-order valence-electron chi connectivity index (χ0n) is 10.6. The van der Waals surface area contributed by atoms with E-state index >= 15 is 0 Å². The maximum absolute atomic E-state index is 13.6. The molecule has 2 nitrogen and oxygen atoms in total. The lowest BCUT2D eigenvalue weighted by Crippen LogP contribution is -1.97. The molecule has 0 aliphatic rings. The number of hydrogen-bond acceptors (Lipinski definition) is 3. The van der Waals surface area contributed by atoms with E-state index in [-0.39, 0.29) is 5.58 Å². The van der Waals surface area contributed by atoms with Crippen LogP contribution in [0.4, 0.5) is 4.39 Å². The second-order valence-electron chi connectivity index (χ2n) is 4.58. The minimum Gasteiger partial charge on any atom is -0.455 e. The van der Waals surface area contributed by atoms with Crippen molar-refractivity contribution in [2.45, 2.75) is 20.0 Å². The molecule has 1 aromatic carbocycles. The number of para-hydroxylation sites is 1. The quantitative estimate of drug-likeness (QED) is 0.755. The van der Waals surface area contributed by atoms with Gasteiger partial charge < -0.3 is 9.52 Å². The van der Waals surface area contributed by atoms with Gasteiger partial charge in [-0.15, -0.1) is 11.3 Å². The molecule has 98 valence electrons. The highest BCUT2D eigenvalue weighted by atomic mass is 32.1. The van der Waals surface area contributed by atoms with Gasteiger partial charge in [0.2, 0.25) is 0 Å². The molecule has 0 aliphatic heterocycles. The number of aliphatic hydroxyl groups excluding tert-OH is 1. The van der Waals surface area contributed by atoms with Gasteiger partial charge in [0.15, 0.2) is 11.4 Å². The Labute approximate surface area is 114 Å². The summed E-state index contributed by atoms with van der Waals surface area (Å²) in [5.41, 5.74) is 1.02. The van der Waals surface area contributed by atoms with Crippen LogP contribution in [0.15, 0.2) is 34.7 Å². The summed E-state index contributed by atoms with van der Waals surface area (Å²) < 4.78 is 19.0. The number of thiophene rings is 1. The van der Waals surface area contributed by atoms with Crippen LogP contribution in [0.1, 0.15) is 27.2 Å². The molecular formula is C15H13FO2S. The number of benzene rings is 1. The molecule has 3 aromatic rings. The number of aryl methyl sites for hydroxylation is 2. The van der Waals surface area contributed by atoms with Crippen molar-refractivity contribution < 1.29 is 13.9 Å². The third-order valence-corrected chi connectivity index (χ3v) is 4.14. The second-order valence-corrected chi connectivity index (χ2v) is 6.04. The van der Waals surface area contributed by atoms with E-state index in [1.807, 2.05) is 19.9 Å². The maximum Gasteiger partial charge on any atom is 0.170 e. The van der Waals surface area contributed by atoms with Crippen LogP contribution in [-0.4, -0.2) is 5.11 Å². The van der Waals surface area contributed by atoms with Crippen LogP contribution in [0.25, 0.3) is 11.0 Å². The van der Waals surface area contributed by atoms with Crippen molar-refractivity contribution in [1.29, 1.82) is 0 Å². The smallest absolute Gasteiger partial charge is 0.170 e. The van der Waals surface area contributed by atoms with Crippen molar-refractivity contribution in [2.24, 2.45) is 0 Å². The average molecular weight is 276 g/mol. The number of halogens is 1. The summed E-state index contributed by atoms with van der Waals surface area (Å²) in [7, 11) is 0. The van der Waals surface area contributed by atoms with Crippen LogP contribution in [0.3, 0.4) is 0 Å². The Morgan fingerprint density at radius 1 is 1.26 bits per heavy atom. The Kier molecular flexibility index (Phi) is 2.92. The molecule has 0 saturated carbocycles. The first-order valence-electron chi connectivity index (χ1n) is 5.99. The monoisotopic (exact) mass is 276 g/mol. The van der Waals surface area contributed by atoms with Crippen molar-refractivity contribution in [3.63, 3.8) is 0 Å². The Morgan fingerprint density at radius 3 is 2.68 bits per heavy atom. The summed E-state index contributed by atoms with van der Waals surface area (Å²) >= 11 is 1.63. The minimum absolute atomic E-state index is 0.196. The molecule has 0 aliphatic carbocycles. The SMILES string of the molecule is Cc1cc(C(O)c2cc3cccc(F)c3o2)c(C)s1. The Balaban J connectivity index is 2.09. The first-order valence-corrected chi connectivity index (χ1v) is 6.81. The third-order valence-electron chi connectivity index (χ3n) is 3.16. The molecular weight excluding hydrogens is 263 g/mol. The first-order chi connectivity index (χ1) is 9.06. The molecule has 4 heteroatoms. The Bertz CT molecular complexity index is 742. The highest BCUT2D eigenvalue weighted by molar-refractivity contribution is 7.12. The topological polar surface area (TPSA) is 33.4 Å². The molecule has 19 heavy (non-hydrogen) atoms. The fourth-order valence-electron chi connectivity index (χ4n) is 2.26. The van der Waals surface area contributed by atoms with Crippen LogP contribution >= 0.6 is 11.3 Å². The Hall–Kier alpha value is -1.65. The third kappa shape index (κ3) is 2.07. The highest BCUT2D eigenvalue weighted by Crippen LogP contribution is 2.33. The van der Waals surface area contributed by atoms with Gasteiger partial charge in [-0.3, -0.25) is 0 Å². The van der Waals surface area contributed by atoms with Crippen molar-refractivity contribution in [3.05, 3.63) is 57.2 Å². The molecule has 0 radical (unpaired) electrons. The van der Waals surface area contributed by atoms with Gasteiger partial charge in [-0.2, -0.15) is 0 Å². The van der Waals surface area contributed by atoms with Gasteiger partial charge in [-0.05, 0) is 32.0 Å². The van der Waals surface area contributed by atoms with Crippen LogP contribution in [-0.2, 0) is 0 Å². The predicted molar refractivity (Wildman–Crippen MR) is 74.0 cm³/mol. The molecule has 0 saturated heterocycles. The number of furan rings is 1. The fraction of sp³-hybridized carbons (Fsp3) is 0.200. The molecule has 2 heterocycles. The van der Waals surface area contributed by atoms with Gasteiger partial charge >= 0.3 is 0 Å². The van der Waals surface area contributed by atoms with E-state index in [2.05, 4.69) is 0 Å². The van der Waals surface area contributed by atoms with E-state index in [4.69, 9.17) is 4.42 Å². The molecule has 0 bridgehead atoms. The van der Waals surface area contributed by atoms with E-state index in [1.165, 1.54) is 6.07 Å². The lowest BCUT2D eigenvalue weighted by Gasteiger charge is -2.06. The molecule has 3 rings (SSSR count). The maximum atomic E-state index is 13.6. The second kappa shape index (κ2) is 4.47. The van der Waals surface area contributed by atoms with Crippen molar-refractivity contribution in [2.75, 3.05) is 0 Å². The summed E-state index contributed by atoms with van der Waals surface area (Å²) in [5, 5.41) is 11.0. The van der Waals surface area contributed by atoms with Gasteiger partial charge in [-0.1, -0.05) is 12.1 Å². The zero-order valence-corrected chi connectivity index (χ0v) is 11.4. The largest absolute Gasteiger partial charge is 0.455 e. The average Bonchev–Trinajstić information content (AvgIpc) is 2.93. The van der Waals surface area contributed by atoms with Crippen LogP contribution in [0, 0.1) is 19.7 Å². The van der Waals surface area contributed by atoms with Crippen molar-refractivity contribution >= 4 is 22.3 Å². The van der Waals surface area contributed by atoms with Crippen molar-refractivity contribution in [1.82, 2.24) is 0 Å². The molecule has 0 spiro atoms. The van der Waals surface area contributed by atoms with E-state index < -0.39 is 11.9 Å². The lowest BCUT2D eigenvalue weighted by atomic mass is 10.1. The Morgan fingerprint density at radius 2 is 2.05 bits per heavy atom. The van der Waals surface area contributed by atoms with Gasteiger partial charge in [0.05, 0.1) is 0 Å². The van der Waals surface area contributed by atoms with E-state index in [0.29, 0.717) is 11.1 Å². The standard InChI is InChI=1S/C15H13FO2S/c1-8-6-11(9(2)19-8)14(17)13-7-10-4-3-5-12(16)15(10)18-13/h3-7,14,17H,1-2H3. The van der Waals surface area contributed by atoms with Gasteiger partial charge in [0.25, 0.3) is 0 Å². The molecule has 0 amide bonds. The molecule has 2 aromatic heterocycles. The fourth-order valence-corrected chi connectivity index (χ4v) is 3.21. The van der Waals surface area contributed by atoms with E-state index in [0.717, 1.165) is 15.3 Å². The zero-order chi connectivity index (χ0) is 13.6. The van der Waals surface area contributed by atoms with Crippen LogP contribution < -0.4 is 0 Å². The number of aliphatic hydroxyl groups is 1. The summed E-state index contributed by atoms with van der Waals surface area (Å²) in [6, 6.07) is 8.37. The molecule has 1 unspecified atom stereocenters. The van der Waals surface area contributed by atoms with Gasteiger partial charge in [0, 0.05) is 20.7 Å². The molecule has 0 fully saturated rings. The lowest BCUT2D eigenvalue weighted by molar-refractivity contribution is 0.191. The number of fused-ring (bicyclic) bond motifs is 1. The predicted octanol–water partition coefficient (Wildman–Crippen LogP) is 4.33. The van der Waals surface area contributed by atoms with Gasteiger partial charge in [0.1, 0.15) is 11.9 Å². The van der Waals surface area contributed by atoms with E-state index in [1.54, 1.807) is 29.5 Å². The normalized spacial score (nSPS) is 13.1. The summed E-state index contributed by atoms with van der Waals surface area (Å²) in [4.78, 5) is 2.18. The number of hydrogen-bond donors (Lipinski definition) is 1. The first kappa shape index (κ1) is 12.4. The van der Waals surface area contributed by atoms with Crippen LogP contribution in [0.2, 0.25) is 0 Å². The summed E-state index contributed by atoms with van der Waals surface area (Å²) in [6.07, 6.45) is -0.850. The van der Waals surface area contributed by atoms with Crippen molar-refractivity contribution in [3.8, 4) is 0 Å². The summed E-state index contributed by atoms with van der Waals surface area (Å²) in [5.74, 6) is -0.0322. The number of rotatable bonds is 2. The highest BCUT2D eigenvalue weighted by Gasteiger charge is 2.20. The molecule has 1 atom stereocenters. The molecule has 1 N–H and O–H groups in total. The van der Waals surface area contributed by atoms with Gasteiger partial charge in [-0.25, -0.2) is 4.39 Å². The van der Waals surface area contributed by atoms with E-state index in [9.17, 15) is 9.50 Å². The minimum atomic E-state index is -0.850. The summed E-state index contributed by atoms with van der Waals surface area (Å²) in [6.45, 7) is 3.95. The van der Waals surface area contributed by atoms with Crippen LogP contribution in [0.5, 0.6) is 0 Å².